The first-order valence-corrected chi connectivity index (χ1v) is 10.9. The lowest BCUT2D eigenvalue weighted by atomic mass is 10.00. The van der Waals surface area contributed by atoms with E-state index in [1.54, 1.807) is 17.8 Å². The number of hydrogen-bond acceptors (Lipinski definition) is 1. The predicted octanol–water partition coefficient (Wildman–Crippen LogP) is 8.85. The zero-order valence-corrected chi connectivity index (χ0v) is 17.8. The lowest BCUT2D eigenvalue weighted by Gasteiger charge is -2.18. The Bertz CT molecular complexity index is 963. The summed E-state index contributed by atoms with van der Waals surface area (Å²) in [6.45, 7) is 3.98. The Morgan fingerprint density at radius 3 is 2.03 bits per heavy atom. The number of halogens is 3. The molecule has 0 aromatic heterocycles. The molecule has 0 aliphatic carbocycles. The summed E-state index contributed by atoms with van der Waals surface area (Å²) in [5.74, 6) is 0.0466. The molecule has 0 aliphatic heterocycles. The van der Waals surface area contributed by atoms with Gasteiger partial charge >= 0.3 is 6.18 Å². The van der Waals surface area contributed by atoms with Gasteiger partial charge in [-0.15, -0.1) is 11.8 Å². The summed E-state index contributed by atoms with van der Waals surface area (Å²) in [4.78, 5) is 1.07. The molecule has 0 aliphatic rings. The number of alkyl halides is 3. The topological polar surface area (TPSA) is 19.9 Å². The van der Waals surface area contributed by atoms with Crippen LogP contribution in [0.25, 0.3) is 11.1 Å². The second kappa shape index (κ2) is 9.61. The number of hydrogen-bond donors (Lipinski definition) is 0. The van der Waals surface area contributed by atoms with E-state index in [-0.39, 0.29) is 11.0 Å². The molecule has 1 atom stereocenters. The van der Waals surface area contributed by atoms with Gasteiger partial charge in [0, 0.05) is 10.1 Å². The van der Waals surface area contributed by atoms with Gasteiger partial charge in [-0.05, 0) is 65.9 Å². The molecule has 3 rings (SSSR count). The molecule has 0 heterocycles. The van der Waals surface area contributed by atoms with Crippen LogP contribution >= 0.6 is 11.8 Å². The molecule has 0 fully saturated rings. The molecule has 0 spiro atoms. The lowest BCUT2D eigenvalue weighted by Crippen LogP contribution is -2.03. The maximum Gasteiger partial charge on any atom is 0.416 e. The molecule has 157 valence electrons. The molecule has 30 heavy (non-hydrogen) atoms. The monoisotopic (exact) mass is 429 g/mol. The fourth-order valence-electron chi connectivity index (χ4n) is 3.28. The summed E-state index contributed by atoms with van der Waals surface area (Å²) >= 11 is 1.75. The van der Waals surface area contributed by atoms with E-state index in [4.69, 9.17) is 0 Å². The molecule has 3 aromatic rings. The Hall–Kier alpha value is -2.40. The maximum absolute atomic E-state index is 12.8. The van der Waals surface area contributed by atoms with Crippen LogP contribution in [0.5, 0.6) is 5.75 Å². The predicted molar refractivity (Wildman–Crippen MR) is 116 cm³/mol. The van der Waals surface area contributed by atoms with Crippen molar-refractivity contribution in [2.24, 2.45) is 0 Å². The third kappa shape index (κ3) is 5.60. The standard InChI is InChI=1S/C25H24F3OS/c1-3-4-5-24(30-22-14-15-23(29)17(2)16-22)20-8-6-18(7-9-20)19-10-12-21(13-11-19)25(26,27)28/h6-16,24H,3-5H2,1-2H3/t24-/m0/s1. The average Bonchev–Trinajstić information content (AvgIpc) is 2.73. The minimum absolute atomic E-state index is 0.0466. The van der Waals surface area contributed by atoms with Gasteiger partial charge in [-0.2, -0.15) is 13.2 Å². The SMILES string of the molecule is CCCC[C@H](Sc1ccc([O])c(C)c1)c1ccc(-c2ccc(C(F)(F)F)cc2)cc1. The van der Waals surface area contributed by atoms with Crippen LogP contribution in [0.2, 0.25) is 0 Å². The second-order valence-electron chi connectivity index (χ2n) is 7.37. The molecule has 1 nitrogen and oxygen atoms in total. The largest absolute Gasteiger partial charge is 0.416 e. The van der Waals surface area contributed by atoms with Crippen LogP contribution in [-0.2, 0) is 11.3 Å². The highest BCUT2D eigenvalue weighted by atomic mass is 32.2. The van der Waals surface area contributed by atoms with Gasteiger partial charge in [0.25, 0.3) is 0 Å². The highest BCUT2D eigenvalue weighted by molar-refractivity contribution is 7.99. The Balaban J connectivity index is 1.80. The number of unbranched alkanes of at least 4 members (excludes halogenated alkanes) is 1. The zero-order chi connectivity index (χ0) is 21.7. The summed E-state index contributed by atoms with van der Waals surface area (Å²) in [7, 11) is 0. The Labute approximate surface area is 180 Å². The van der Waals surface area contributed by atoms with Crippen LogP contribution in [0.3, 0.4) is 0 Å². The molecule has 5 heteroatoms. The van der Waals surface area contributed by atoms with Crippen molar-refractivity contribution in [2.45, 2.75) is 49.4 Å². The van der Waals surface area contributed by atoms with Crippen LogP contribution in [0, 0.1) is 6.92 Å². The van der Waals surface area contributed by atoms with Crippen LogP contribution in [-0.4, -0.2) is 0 Å². The van der Waals surface area contributed by atoms with Crippen molar-refractivity contribution in [3.8, 4) is 16.9 Å². The van der Waals surface area contributed by atoms with Crippen LogP contribution in [0.15, 0.2) is 71.6 Å². The maximum atomic E-state index is 12.8. The van der Waals surface area contributed by atoms with Crippen LogP contribution in [0.1, 0.15) is 48.1 Å². The van der Waals surface area contributed by atoms with Gasteiger partial charge in [0.1, 0.15) is 0 Å². The average molecular weight is 430 g/mol. The molecule has 0 unspecified atom stereocenters. The molecule has 0 saturated heterocycles. The van der Waals surface area contributed by atoms with E-state index in [0.29, 0.717) is 0 Å². The molecule has 1 radical (unpaired) electrons. The number of aryl methyl sites for hydroxylation is 1. The van der Waals surface area contributed by atoms with Gasteiger partial charge in [-0.1, -0.05) is 56.2 Å². The van der Waals surface area contributed by atoms with Gasteiger partial charge in [0.2, 0.25) is 0 Å². The van der Waals surface area contributed by atoms with Gasteiger partial charge in [-0.25, -0.2) is 0 Å². The van der Waals surface area contributed by atoms with Crippen molar-refractivity contribution in [1.29, 1.82) is 0 Å². The minimum atomic E-state index is -4.32. The van der Waals surface area contributed by atoms with Crippen molar-refractivity contribution in [1.82, 2.24) is 0 Å². The van der Waals surface area contributed by atoms with Crippen LogP contribution < -0.4 is 0 Å². The molecule has 0 amide bonds. The van der Waals surface area contributed by atoms with Crippen LogP contribution in [0.4, 0.5) is 13.2 Å². The van der Waals surface area contributed by atoms with E-state index in [0.717, 1.165) is 53.0 Å². The lowest BCUT2D eigenvalue weighted by molar-refractivity contribution is -0.137. The zero-order valence-electron chi connectivity index (χ0n) is 17.0. The first-order chi connectivity index (χ1) is 14.3. The minimum Gasteiger partial charge on any atom is -0.290 e. The first-order valence-electron chi connectivity index (χ1n) is 10.00. The molecule has 0 saturated carbocycles. The highest BCUT2D eigenvalue weighted by Crippen LogP contribution is 2.40. The molecule has 3 aromatic carbocycles. The van der Waals surface area contributed by atoms with Crippen molar-refractivity contribution >= 4 is 11.8 Å². The summed E-state index contributed by atoms with van der Waals surface area (Å²) < 4.78 is 38.3. The fraction of sp³-hybridized carbons (Fsp3) is 0.280. The fourth-order valence-corrected chi connectivity index (χ4v) is 4.58. The van der Waals surface area contributed by atoms with Crippen molar-refractivity contribution in [3.05, 3.63) is 83.4 Å². The molecule has 0 N–H and O–H groups in total. The number of thioether (sulfide) groups is 1. The second-order valence-corrected chi connectivity index (χ2v) is 8.65. The van der Waals surface area contributed by atoms with E-state index >= 15 is 0 Å². The van der Waals surface area contributed by atoms with E-state index in [9.17, 15) is 18.3 Å². The smallest absolute Gasteiger partial charge is 0.290 e. The van der Waals surface area contributed by atoms with E-state index < -0.39 is 11.7 Å². The van der Waals surface area contributed by atoms with Gasteiger partial charge in [0.15, 0.2) is 5.75 Å². The Morgan fingerprint density at radius 1 is 0.900 bits per heavy atom. The Morgan fingerprint density at radius 2 is 1.50 bits per heavy atom. The third-order valence-electron chi connectivity index (χ3n) is 5.07. The van der Waals surface area contributed by atoms with E-state index in [2.05, 4.69) is 19.1 Å². The van der Waals surface area contributed by atoms with Crippen molar-refractivity contribution in [2.75, 3.05) is 0 Å². The van der Waals surface area contributed by atoms with Gasteiger partial charge < -0.3 is 0 Å². The van der Waals surface area contributed by atoms with Crippen molar-refractivity contribution in [3.63, 3.8) is 0 Å². The van der Waals surface area contributed by atoms with E-state index in [1.807, 2.05) is 31.2 Å². The summed E-state index contributed by atoms with van der Waals surface area (Å²) in [6, 6.07) is 18.7. The molecular weight excluding hydrogens is 405 g/mol. The molecule has 0 bridgehead atoms. The first kappa shape index (κ1) is 22.3. The van der Waals surface area contributed by atoms with E-state index in [1.165, 1.54) is 17.7 Å². The number of rotatable bonds is 7. The highest BCUT2D eigenvalue weighted by Gasteiger charge is 2.29. The normalized spacial score (nSPS) is 12.7. The third-order valence-corrected chi connectivity index (χ3v) is 6.39. The quantitative estimate of drug-likeness (QED) is 0.343. The van der Waals surface area contributed by atoms with Gasteiger partial charge in [0.05, 0.1) is 5.56 Å². The van der Waals surface area contributed by atoms with Gasteiger partial charge in [-0.3, -0.25) is 5.11 Å². The van der Waals surface area contributed by atoms with Crippen molar-refractivity contribution < 1.29 is 18.3 Å². The Kier molecular flexibility index (Phi) is 7.14. The summed E-state index contributed by atoms with van der Waals surface area (Å²) in [5.41, 5.74) is 2.92. The summed E-state index contributed by atoms with van der Waals surface area (Å²) in [5, 5.41) is 11.9. The summed E-state index contributed by atoms with van der Waals surface area (Å²) in [6.07, 6.45) is -1.12. The number of benzene rings is 3. The molecular formula is C25H24F3OS.